The number of benzene rings is 1. The maximum absolute atomic E-state index is 5.98. The first-order chi connectivity index (χ1) is 9.27. The van der Waals surface area contributed by atoms with Crippen LogP contribution in [-0.2, 0) is 4.74 Å². The van der Waals surface area contributed by atoms with Gasteiger partial charge in [-0.2, -0.15) is 0 Å². The molecule has 0 radical (unpaired) electrons. The Balaban J connectivity index is 2.22. The molecule has 0 saturated carbocycles. The van der Waals surface area contributed by atoms with Gasteiger partial charge < -0.3 is 10.5 Å². The van der Waals surface area contributed by atoms with Crippen LogP contribution in [0, 0.1) is 0 Å². The molecule has 0 aromatic heterocycles. The molecule has 0 aliphatic rings. The van der Waals surface area contributed by atoms with Crippen LogP contribution in [0.3, 0.4) is 0 Å². The molecule has 0 aliphatic carbocycles. The summed E-state index contributed by atoms with van der Waals surface area (Å²) in [6, 6.07) is 7.76. The largest absolute Gasteiger partial charge is 0.372 e. The van der Waals surface area contributed by atoms with Crippen LogP contribution in [0.2, 0.25) is 5.02 Å². The van der Waals surface area contributed by atoms with Gasteiger partial charge in [0, 0.05) is 18.2 Å². The molecule has 0 bridgehead atoms. The Morgan fingerprint density at radius 3 is 2.58 bits per heavy atom. The lowest BCUT2D eigenvalue weighted by Crippen LogP contribution is -2.16. The van der Waals surface area contributed by atoms with E-state index in [2.05, 4.69) is 6.92 Å². The minimum atomic E-state index is -0.0330. The summed E-state index contributed by atoms with van der Waals surface area (Å²) in [5.41, 5.74) is 6.84. The molecule has 1 unspecified atom stereocenters. The van der Waals surface area contributed by atoms with Crippen molar-refractivity contribution >= 4 is 11.6 Å². The number of nitrogens with two attached hydrogens (primary N) is 1. The number of rotatable bonds is 10. The highest BCUT2D eigenvalue weighted by Crippen LogP contribution is 2.20. The van der Waals surface area contributed by atoms with Crippen LogP contribution in [0.25, 0.3) is 0 Å². The molecule has 0 aliphatic heterocycles. The van der Waals surface area contributed by atoms with E-state index in [4.69, 9.17) is 22.1 Å². The lowest BCUT2D eigenvalue weighted by Gasteiger charge is -2.16. The zero-order valence-electron chi connectivity index (χ0n) is 11.9. The predicted octanol–water partition coefficient (Wildman–Crippen LogP) is 4.72. The van der Waals surface area contributed by atoms with Gasteiger partial charge in [-0.25, -0.2) is 0 Å². The lowest BCUT2D eigenvalue weighted by molar-refractivity contribution is 0.0558. The van der Waals surface area contributed by atoms with E-state index in [-0.39, 0.29) is 6.10 Å². The van der Waals surface area contributed by atoms with Crippen molar-refractivity contribution in [1.29, 1.82) is 0 Å². The van der Waals surface area contributed by atoms with Crippen LogP contribution in [0.15, 0.2) is 24.3 Å². The third-order valence-corrected chi connectivity index (χ3v) is 3.49. The summed E-state index contributed by atoms with van der Waals surface area (Å²) in [6.07, 6.45) is 7.60. The Bertz CT molecular complexity index is 343. The summed E-state index contributed by atoms with van der Waals surface area (Å²) in [4.78, 5) is 0. The molecule has 19 heavy (non-hydrogen) atoms. The molecular weight excluding hydrogens is 258 g/mol. The van der Waals surface area contributed by atoms with Gasteiger partial charge in [-0.15, -0.1) is 0 Å². The minimum Gasteiger partial charge on any atom is -0.372 e. The van der Waals surface area contributed by atoms with Crippen molar-refractivity contribution in [3.8, 4) is 0 Å². The van der Waals surface area contributed by atoms with Crippen LogP contribution in [0.5, 0.6) is 0 Å². The van der Waals surface area contributed by atoms with Crippen molar-refractivity contribution in [2.45, 2.75) is 51.6 Å². The van der Waals surface area contributed by atoms with Crippen molar-refractivity contribution in [3.05, 3.63) is 34.9 Å². The molecule has 0 spiro atoms. The second kappa shape index (κ2) is 10.2. The van der Waals surface area contributed by atoms with Gasteiger partial charge in [-0.05, 0) is 24.1 Å². The Morgan fingerprint density at radius 2 is 1.89 bits per heavy atom. The third kappa shape index (κ3) is 6.95. The van der Waals surface area contributed by atoms with Crippen molar-refractivity contribution in [2.75, 3.05) is 13.2 Å². The first-order valence-corrected chi connectivity index (χ1v) is 7.72. The summed E-state index contributed by atoms with van der Waals surface area (Å²) in [7, 11) is 0. The van der Waals surface area contributed by atoms with Crippen LogP contribution in [-0.4, -0.2) is 13.2 Å². The van der Waals surface area contributed by atoms with Gasteiger partial charge in [0.15, 0.2) is 0 Å². The Kier molecular flexibility index (Phi) is 8.89. The minimum absolute atomic E-state index is 0.0330. The van der Waals surface area contributed by atoms with Gasteiger partial charge >= 0.3 is 0 Å². The van der Waals surface area contributed by atoms with E-state index >= 15 is 0 Å². The van der Waals surface area contributed by atoms with Crippen LogP contribution in [0.4, 0.5) is 0 Å². The number of unbranched alkanes of at least 4 members (excludes halogenated alkanes) is 5. The maximum atomic E-state index is 5.98. The average Bonchev–Trinajstić information content (AvgIpc) is 2.42. The monoisotopic (exact) mass is 283 g/mol. The maximum Gasteiger partial charge on any atom is 0.0947 e. The standard InChI is InChI=1S/C16H26ClNO/c1-2-3-4-5-6-7-11-19-16(13-18)14-9-8-10-15(17)12-14/h8-10,12,16H,2-7,11,13,18H2,1H3. The van der Waals surface area contributed by atoms with E-state index < -0.39 is 0 Å². The van der Waals surface area contributed by atoms with Crippen LogP contribution >= 0.6 is 11.6 Å². The Labute approximate surface area is 122 Å². The fourth-order valence-electron chi connectivity index (χ4n) is 2.12. The summed E-state index contributed by atoms with van der Waals surface area (Å²) >= 11 is 5.98. The van der Waals surface area contributed by atoms with Gasteiger partial charge in [0.25, 0.3) is 0 Å². The summed E-state index contributed by atoms with van der Waals surface area (Å²) < 4.78 is 5.86. The molecule has 0 heterocycles. The van der Waals surface area contributed by atoms with Gasteiger partial charge in [0.2, 0.25) is 0 Å². The Hall–Kier alpha value is -0.570. The van der Waals surface area contributed by atoms with Gasteiger partial charge in [-0.1, -0.05) is 62.8 Å². The number of hydrogen-bond donors (Lipinski definition) is 1. The summed E-state index contributed by atoms with van der Waals surface area (Å²) in [6.45, 7) is 3.51. The van der Waals surface area contributed by atoms with Gasteiger partial charge in [0.1, 0.15) is 0 Å². The molecule has 2 N–H and O–H groups in total. The molecule has 1 aromatic rings. The molecule has 1 atom stereocenters. The molecule has 3 heteroatoms. The quantitative estimate of drug-likeness (QED) is 0.631. The van der Waals surface area contributed by atoms with Gasteiger partial charge in [0.05, 0.1) is 6.10 Å². The predicted molar refractivity (Wildman–Crippen MR) is 82.6 cm³/mol. The van der Waals surface area contributed by atoms with E-state index in [9.17, 15) is 0 Å². The zero-order chi connectivity index (χ0) is 13.9. The fraction of sp³-hybridized carbons (Fsp3) is 0.625. The third-order valence-electron chi connectivity index (χ3n) is 3.25. The SMILES string of the molecule is CCCCCCCCOC(CN)c1cccc(Cl)c1. The first-order valence-electron chi connectivity index (χ1n) is 7.35. The first kappa shape index (κ1) is 16.5. The van der Waals surface area contributed by atoms with E-state index in [0.717, 1.165) is 23.6 Å². The average molecular weight is 284 g/mol. The summed E-state index contributed by atoms with van der Waals surface area (Å²) in [5, 5.41) is 0.735. The highest BCUT2D eigenvalue weighted by molar-refractivity contribution is 6.30. The van der Waals surface area contributed by atoms with Crippen molar-refractivity contribution < 1.29 is 4.74 Å². The second-order valence-electron chi connectivity index (χ2n) is 4.92. The van der Waals surface area contributed by atoms with E-state index in [1.54, 1.807) is 0 Å². The highest BCUT2D eigenvalue weighted by Gasteiger charge is 2.09. The second-order valence-corrected chi connectivity index (χ2v) is 5.35. The molecule has 1 rings (SSSR count). The molecular formula is C16H26ClNO. The molecule has 1 aromatic carbocycles. The van der Waals surface area contributed by atoms with Crippen molar-refractivity contribution in [2.24, 2.45) is 5.73 Å². The van der Waals surface area contributed by atoms with Crippen LogP contribution < -0.4 is 5.73 Å². The molecule has 2 nitrogen and oxygen atoms in total. The topological polar surface area (TPSA) is 35.2 Å². The fourth-order valence-corrected chi connectivity index (χ4v) is 2.31. The van der Waals surface area contributed by atoms with Crippen molar-refractivity contribution in [1.82, 2.24) is 0 Å². The molecule has 0 fully saturated rings. The number of ether oxygens (including phenoxy) is 1. The van der Waals surface area contributed by atoms with E-state index in [1.807, 2.05) is 24.3 Å². The van der Waals surface area contributed by atoms with Crippen molar-refractivity contribution in [3.63, 3.8) is 0 Å². The zero-order valence-corrected chi connectivity index (χ0v) is 12.7. The molecule has 108 valence electrons. The highest BCUT2D eigenvalue weighted by atomic mass is 35.5. The van der Waals surface area contributed by atoms with E-state index in [0.29, 0.717) is 6.54 Å². The normalized spacial score (nSPS) is 12.6. The van der Waals surface area contributed by atoms with Gasteiger partial charge in [-0.3, -0.25) is 0 Å². The Morgan fingerprint density at radius 1 is 1.16 bits per heavy atom. The summed E-state index contributed by atoms with van der Waals surface area (Å²) in [5.74, 6) is 0. The lowest BCUT2D eigenvalue weighted by atomic mass is 10.1. The van der Waals surface area contributed by atoms with Crippen LogP contribution in [0.1, 0.15) is 57.1 Å². The smallest absolute Gasteiger partial charge is 0.0947 e. The van der Waals surface area contributed by atoms with E-state index in [1.165, 1.54) is 32.1 Å². The number of halogens is 1. The molecule has 0 saturated heterocycles. The molecule has 0 amide bonds. The number of hydrogen-bond acceptors (Lipinski definition) is 2.